The van der Waals surface area contributed by atoms with Crippen molar-refractivity contribution in [2.24, 2.45) is 10.4 Å². The number of hydrogen-bond acceptors (Lipinski definition) is 3. The number of thioether (sulfide) groups is 1. The number of nitrogens with one attached hydrogen (secondary N) is 1. The summed E-state index contributed by atoms with van der Waals surface area (Å²) in [5.74, 6) is 1.11. The molecule has 1 spiro atoms. The third kappa shape index (κ3) is 5.19. The molecule has 1 N–H and O–H groups in total. The first-order chi connectivity index (χ1) is 9.49. The van der Waals surface area contributed by atoms with Gasteiger partial charge >= 0.3 is 6.18 Å². The summed E-state index contributed by atoms with van der Waals surface area (Å²) in [4.78, 5) is 4.60. The molecule has 0 atom stereocenters. The highest BCUT2D eigenvalue weighted by molar-refractivity contribution is 8.13. The highest BCUT2D eigenvalue weighted by atomic mass is 32.2. The van der Waals surface area contributed by atoms with Crippen molar-refractivity contribution in [2.75, 3.05) is 18.8 Å². The first kappa shape index (κ1) is 16.0. The van der Waals surface area contributed by atoms with Crippen molar-refractivity contribution in [1.82, 2.24) is 5.32 Å². The lowest BCUT2D eigenvalue weighted by Crippen LogP contribution is -2.37. The molecule has 0 aromatic rings. The van der Waals surface area contributed by atoms with Crippen molar-refractivity contribution in [3.05, 3.63) is 0 Å². The number of halogens is 3. The summed E-state index contributed by atoms with van der Waals surface area (Å²) in [6, 6.07) is 0. The monoisotopic (exact) mass is 308 g/mol. The molecule has 1 aliphatic heterocycles. The maximum absolute atomic E-state index is 12.0. The normalized spacial score (nSPS) is 22.6. The number of alkyl halides is 3. The van der Waals surface area contributed by atoms with Crippen LogP contribution in [0.4, 0.5) is 13.2 Å². The number of hydrogen-bond donors (Lipinski definition) is 1. The Morgan fingerprint density at radius 2 is 1.90 bits per heavy atom. The Labute approximate surface area is 123 Å². The first-order valence-electron chi connectivity index (χ1n) is 7.47. The number of amidine groups is 1. The number of rotatable bonds is 4. The second kappa shape index (κ2) is 7.05. The van der Waals surface area contributed by atoms with E-state index in [0.29, 0.717) is 18.4 Å². The smallest absolute Gasteiger partial charge is 0.365 e. The minimum absolute atomic E-state index is 0.193. The topological polar surface area (TPSA) is 24.4 Å². The van der Waals surface area contributed by atoms with E-state index in [9.17, 15) is 13.2 Å². The van der Waals surface area contributed by atoms with Crippen LogP contribution in [-0.2, 0) is 0 Å². The summed E-state index contributed by atoms with van der Waals surface area (Å²) in [5.41, 5.74) is 0.407. The summed E-state index contributed by atoms with van der Waals surface area (Å²) in [6.45, 7) is 1.49. The summed E-state index contributed by atoms with van der Waals surface area (Å²) < 4.78 is 36.0. The Morgan fingerprint density at radius 3 is 2.50 bits per heavy atom. The van der Waals surface area contributed by atoms with Gasteiger partial charge in [0.2, 0.25) is 0 Å². The van der Waals surface area contributed by atoms with E-state index in [1.807, 2.05) is 0 Å². The SMILES string of the molecule is FC(F)(F)CCCCNC1=NCC2(CCCCC2)CS1. The maximum atomic E-state index is 12.0. The molecule has 1 saturated carbocycles. The van der Waals surface area contributed by atoms with E-state index in [1.54, 1.807) is 11.8 Å². The summed E-state index contributed by atoms with van der Waals surface area (Å²) >= 11 is 1.75. The molecule has 6 heteroatoms. The Kier molecular flexibility index (Phi) is 5.64. The molecule has 0 amide bonds. The van der Waals surface area contributed by atoms with E-state index in [0.717, 1.165) is 17.5 Å². The van der Waals surface area contributed by atoms with Crippen LogP contribution in [0, 0.1) is 5.41 Å². The highest BCUT2D eigenvalue weighted by Crippen LogP contribution is 2.41. The quantitative estimate of drug-likeness (QED) is 0.780. The molecular weight excluding hydrogens is 285 g/mol. The van der Waals surface area contributed by atoms with Gasteiger partial charge in [0.15, 0.2) is 5.17 Å². The van der Waals surface area contributed by atoms with E-state index in [4.69, 9.17) is 0 Å². The summed E-state index contributed by atoms with van der Waals surface area (Å²) in [5, 5.41) is 4.10. The molecule has 1 fully saturated rings. The zero-order valence-electron chi connectivity index (χ0n) is 11.8. The van der Waals surface area contributed by atoms with Gasteiger partial charge in [-0.1, -0.05) is 31.0 Å². The second-order valence-corrected chi connectivity index (χ2v) is 6.93. The van der Waals surface area contributed by atoms with Crippen LogP contribution in [0.2, 0.25) is 0 Å². The molecule has 0 unspecified atom stereocenters. The Morgan fingerprint density at radius 1 is 1.15 bits per heavy atom. The van der Waals surface area contributed by atoms with Crippen LogP contribution in [0.25, 0.3) is 0 Å². The predicted octanol–water partition coefficient (Wildman–Crippen LogP) is 4.36. The van der Waals surface area contributed by atoms with Gasteiger partial charge in [0.05, 0.1) is 0 Å². The van der Waals surface area contributed by atoms with Gasteiger partial charge in [0.1, 0.15) is 0 Å². The fraction of sp³-hybridized carbons (Fsp3) is 0.929. The van der Waals surface area contributed by atoms with Gasteiger partial charge in [-0.2, -0.15) is 13.2 Å². The van der Waals surface area contributed by atoms with Crippen molar-refractivity contribution in [3.63, 3.8) is 0 Å². The zero-order valence-corrected chi connectivity index (χ0v) is 12.6. The van der Waals surface area contributed by atoms with Gasteiger partial charge in [0.25, 0.3) is 0 Å². The van der Waals surface area contributed by atoms with Gasteiger partial charge < -0.3 is 5.32 Å². The number of unbranched alkanes of at least 4 members (excludes halogenated alkanes) is 1. The van der Waals surface area contributed by atoms with Crippen LogP contribution in [0.1, 0.15) is 51.4 Å². The van der Waals surface area contributed by atoms with Gasteiger partial charge in [-0.15, -0.1) is 0 Å². The van der Waals surface area contributed by atoms with Gasteiger partial charge in [-0.3, -0.25) is 4.99 Å². The van der Waals surface area contributed by atoms with Crippen molar-refractivity contribution in [1.29, 1.82) is 0 Å². The molecule has 116 valence electrons. The van der Waals surface area contributed by atoms with Crippen molar-refractivity contribution in [3.8, 4) is 0 Å². The van der Waals surface area contributed by atoms with Crippen LogP contribution >= 0.6 is 11.8 Å². The molecular formula is C14H23F3N2S. The van der Waals surface area contributed by atoms with Gasteiger partial charge in [-0.05, 0) is 31.1 Å². The van der Waals surface area contributed by atoms with E-state index < -0.39 is 12.6 Å². The maximum Gasteiger partial charge on any atom is 0.389 e. The fourth-order valence-electron chi connectivity index (χ4n) is 2.91. The van der Waals surface area contributed by atoms with Crippen molar-refractivity contribution >= 4 is 16.9 Å². The van der Waals surface area contributed by atoms with Gasteiger partial charge in [-0.25, -0.2) is 0 Å². The van der Waals surface area contributed by atoms with Crippen LogP contribution in [0.15, 0.2) is 4.99 Å². The van der Waals surface area contributed by atoms with E-state index in [-0.39, 0.29) is 6.42 Å². The molecule has 0 bridgehead atoms. The average Bonchev–Trinajstić information content (AvgIpc) is 2.40. The molecule has 1 aliphatic carbocycles. The molecule has 0 aromatic heterocycles. The van der Waals surface area contributed by atoms with E-state index in [2.05, 4.69) is 10.3 Å². The van der Waals surface area contributed by atoms with Crippen LogP contribution in [-0.4, -0.2) is 30.2 Å². The molecule has 2 nitrogen and oxygen atoms in total. The van der Waals surface area contributed by atoms with E-state index in [1.165, 1.54) is 32.1 Å². The molecule has 2 aliphatic rings. The molecule has 0 saturated heterocycles. The molecule has 0 radical (unpaired) electrons. The minimum atomic E-state index is -4.02. The average molecular weight is 308 g/mol. The summed E-state index contributed by atoms with van der Waals surface area (Å²) in [6.07, 6.45) is 2.57. The Balaban J connectivity index is 1.63. The fourth-order valence-corrected chi connectivity index (χ4v) is 4.09. The lowest BCUT2D eigenvalue weighted by Gasteiger charge is -2.38. The second-order valence-electron chi connectivity index (χ2n) is 5.97. The van der Waals surface area contributed by atoms with Crippen LogP contribution in [0.3, 0.4) is 0 Å². The van der Waals surface area contributed by atoms with Gasteiger partial charge in [0, 0.05) is 25.3 Å². The molecule has 1 heterocycles. The van der Waals surface area contributed by atoms with Crippen LogP contribution in [0.5, 0.6) is 0 Å². The Bertz CT molecular complexity index is 336. The third-order valence-electron chi connectivity index (χ3n) is 4.15. The molecule has 20 heavy (non-hydrogen) atoms. The largest absolute Gasteiger partial charge is 0.389 e. The Hall–Kier alpha value is -0.390. The standard InChI is InChI=1S/C14H23F3N2S/c15-14(16,17)8-4-5-9-18-12-19-10-13(11-20-12)6-2-1-3-7-13/h1-11H2,(H,18,19). The molecule has 2 rings (SSSR count). The summed E-state index contributed by atoms with van der Waals surface area (Å²) in [7, 11) is 0. The van der Waals surface area contributed by atoms with Crippen molar-refractivity contribution < 1.29 is 13.2 Å². The predicted molar refractivity (Wildman–Crippen MR) is 78.2 cm³/mol. The van der Waals surface area contributed by atoms with E-state index >= 15 is 0 Å². The zero-order chi connectivity index (χ0) is 14.5. The first-order valence-corrected chi connectivity index (χ1v) is 8.46. The van der Waals surface area contributed by atoms with Crippen molar-refractivity contribution in [2.45, 2.75) is 57.5 Å². The lowest BCUT2D eigenvalue weighted by molar-refractivity contribution is -0.135. The number of aliphatic imine (C=N–C) groups is 1. The highest BCUT2D eigenvalue weighted by Gasteiger charge is 2.34. The molecule has 0 aromatic carbocycles. The lowest BCUT2D eigenvalue weighted by atomic mass is 9.75. The third-order valence-corrected chi connectivity index (χ3v) is 5.45. The number of nitrogens with zero attached hydrogens (tertiary/aromatic N) is 1. The van der Waals surface area contributed by atoms with Crippen LogP contribution < -0.4 is 5.32 Å². The minimum Gasteiger partial charge on any atom is -0.365 e.